The number of rotatable bonds is 3. The zero-order chi connectivity index (χ0) is 16.8. The van der Waals surface area contributed by atoms with Crippen molar-refractivity contribution in [2.45, 2.75) is 23.8 Å². The van der Waals surface area contributed by atoms with E-state index in [1.54, 1.807) is 32.3 Å². The van der Waals surface area contributed by atoms with Crippen LogP contribution in [0, 0.1) is 0 Å². The van der Waals surface area contributed by atoms with Crippen LogP contribution in [0.3, 0.4) is 0 Å². The normalized spacial score (nSPS) is 19.4. The van der Waals surface area contributed by atoms with Crippen LogP contribution in [0.1, 0.15) is 12.8 Å². The minimum Gasteiger partial charge on any atom is -0.316 e. The van der Waals surface area contributed by atoms with Crippen molar-refractivity contribution in [3.8, 4) is 0 Å². The van der Waals surface area contributed by atoms with Gasteiger partial charge in [-0.15, -0.1) is 12.4 Å². The summed E-state index contributed by atoms with van der Waals surface area (Å²) in [6.07, 6.45) is 1.82. The molecular weight excluding hydrogens is 352 g/mol. The number of hydrogen-bond donors (Lipinski definition) is 1. The van der Waals surface area contributed by atoms with Gasteiger partial charge in [-0.3, -0.25) is 9.13 Å². The summed E-state index contributed by atoms with van der Waals surface area (Å²) < 4.78 is 30.3. The summed E-state index contributed by atoms with van der Waals surface area (Å²) in [5.41, 5.74) is 1.19. The van der Waals surface area contributed by atoms with Gasteiger partial charge in [-0.05, 0) is 38.1 Å². The summed E-state index contributed by atoms with van der Waals surface area (Å²) in [4.78, 5) is 12.2. The monoisotopic (exact) mass is 374 g/mol. The molecule has 3 rings (SSSR count). The van der Waals surface area contributed by atoms with Crippen molar-refractivity contribution in [3.05, 3.63) is 28.7 Å². The number of nitrogens with zero attached hydrogens (tertiary/aromatic N) is 3. The molecule has 0 spiro atoms. The third-order valence-electron chi connectivity index (χ3n) is 4.67. The van der Waals surface area contributed by atoms with Gasteiger partial charge in [0.25, 0.3) is 0 Å². The zero-order valence-corrected chi connectivity index (χ0v) is 15.7. The minimum atomic E-state index is -3.55. The van der Waals surface area contributed by atoms with E-state index in [2.05, 4.69) is 5.32 Å². The molecule has 1 aromatic heterocycles. The Morgan fingerprint density at radius 3 is 2.50 bits per heavy atom. The van der Waals surface area contributed by atoms with Gasteiger partial charge in [-0.25, -0.2) is 13.2 Å². The highest BCUT2D eigenvalue weighted by Crippen LogP contribution is 2.23. The van der Waals surface area contributed by atoms with Gasteiger partial charge in [0.2, 0.25) is 10.0 Å². The highest BCUT2D eigenvalue weighted by molar-refractivity contribution is 7.89. The topological polar surface area (TPSA) is 76.3 Å². The largest absolute Gasteiger partial charge is 0.328 e. The molecule has 9 heteroatoms. The SMILES string of the molecule is CNC1CCCN(S(=O)(=O)c2ccc3c(c2)n(C)c(=O)n3C)C1.Cl. The van der Waals surface area contributed by atoms with Crippen molar-refractivity contribution in [1.29, 1.82) is 0 Å². The van der Waals surface area contributed by atoms with Crippen LogP contribution in [0.25, 0.3) is 11.0 Å². The predicted octanol–water partition coefficient (Wildman–Crippen LogP) is 0.671. The molecule has 1 unspecified atom stereocenters. The molecule has 0 bridgehead atoms. The van der Waals surface area contributed by atoms with Crippen LogP contribution < -0.4 is 11.0 Å². The van der Waals surface area contributed by atoms with Crippen LogP contribution in [-0.2, 0) is 24.1 Å². The Morgan fingerprint density at radius 2 is 1.83 bits per heavy atom. The standard InChI is InChI=1S/C15H22N4O3S.ClH/c1-16-11-5-4-8-19(10-11)23(21,22)12-6-7-13-14(9-12)18(3)15(20)17(13)2;/h6-7,9,11,16H,4-5,8,10H2,1-3H3;1H. The van der Waals surface area contributed by atoms with E-state index in [-0.39, 0.29) is 29.0 Å². The molecule has 2 heterocycles. The fourth-order valence-electron chi connectivity index (χ4n) is 3.19. The Bertz CT molecular complexity index is 903. The van der Waals surface area contributed by atoms with Gasteiger partial charge in [0, 0.05) is 33.2 Å². The van der Waals surface area contributed by atoms with Gasteiger partial charge in [-0.1, -0.05) is 0 Å². The third-order valence-corrected chi connectivity index (χ3v) is 6.53. The molecule has 2 aromatic rings. The molecule has 1 aliphatic heterocycles. The number of imidazole rings is 1. The lowest BCUT2D eigenvalue weighted by Gasteiger charge is -2.31. The van der Waals surface area contributed by atoms with Crippen molar-refractivity contribution >= 4 is 33.5 Å². The Morgan fingerprint density at radius 1 is 1.17 bits per heavy atom. The van der Waals surface area contributed by atoms with Crippen LogP contribution in [0.2, 0.25) is 0 Å². The average molecular weight is 375 g/mol. The van der Waals surface area contributed by atoms with Gasteiger partial charge in [0.05, 0.1) is 15.9 Å². The first-order chi connectivity index (χ1) is 10.9. The smallest absolute Gasteiger partial charge is 0.316 e. The molecule has 7 nitrogen and oxygen atoms in total. The summed E-state index contributed by atoms with van der Waals surface area (Å²) in [5, 5.41) is 3.15. The van der Waals surface area contributed by atoms with Crippen LogP contribution in [0.4, 0.5) is 0 Å². The van der Waals surface area contributed by atoms with Crippen molar-refractivity contribution in [2.75, 3.05) is 20.1 Å². The molecule has 1 aromatic carbocycles. The van der Waals surface area contributed by atoms with Crippen LogP contribution in [0.5, 0.6) is 0 Å². The van der Waals surface area contributed by atoms with Gasteiger partial charge in [-0.2, -0.15) is 4.31 Å². The molecule has 1 N–H and O–H groups in total. The van der Waals surface area contributed by atoms with E-state index in [9.17, 15) is 13.2 Å². The summed E-state index contributed by atoms with van der Waals surface area (Å²) >= 11 is 0. The molecule has 0 radical (unpaired) electrons. The number of halogens is 1. The maximum atomic E-state index is 12.9. The number of benzene rings is 1. The number of sulfonamides is 1. The summed E-state index contributed by atoms with van der Waals surface area (Å²) in [6.45, 7) is 1.01. The molecule has 1 aliphatic rings. The fourth-order valence-corrected chi connectivity index (χ4v) is 4.74. The maximum absolute atomic E-state index is 12.9. The van der Waals surface area contributed by atoms with Crippen molar-refractivity contribution < 1.29 is 8.42 Å². The van der Waals surface area contributed by atoms with Crippen molar-refractivity contribution in [3.63, 3.8) is 0 Å². The number of fused-ring (bicyclic) bond motifs is 1. The van der Waals surface area contributed by atoms with Crippen LogP contribution in [0.15, 0.2) is 27.9 Å². The fraction of sp³-hybridized carbons (Fsp3) is 0.533. The Kier molecular flexibility index (Phi) is 5.44. The average Bonchev–Trinajstić information content (AvgIpc) is 2.79. The first-order valence-corrected chi connectivity index (χ1v) is 9.13. The summed E-state index contributed by atoms with van der Waals surface area (Å²) in [6, 6.07) is 5.06. The lowest BCUT2D eigenvalue weighted by Crippen LogP contribution is -2.46. The van der Waals surface area contributed by atoms with E-state index in [1.807, 2.05) is 7.05 Å². The Hall–Kier alpha value is -1.35. The number of piperidine rings is 1. The highest BCUT2D eigenvalue weighted by Gasteiger charge is 2.30. The van der Waals surface area contributed by atoms with Crippen molar-refractivity contribution in [1.82, 2.24) is 18.8 Å². The van der Waals surface area contributed by atoms with E-state index >= 15 is 0 Å². The molecule has 134 valence electrons. The quantitative estimate of drug-likeness (QED) is 0.856. The summed E-state index contributed by atoms with van der Waals surface area (Å²) in [7, 11) is 1.64. The van der Waals surface area contributed by atoms with Crippen molar-refractivity contribution in [2.24, 2.45) is 14.1 Å². The second-order valence-electron chi connectivity index (χ2n) is 6.04. The molecule has 24 heavy (non-hydrogen) atoms. The molecule has 0 aliphatic carbocycles. The van der Waals surface area contributed by atoms with Gasteiger partial charge >= 0.3 is 5.69 Å². The first-order valence-electron chi connectivity index (χ1n) is 7.69. The number of nitrogens with one attached hydrogen (secondary N) is 1. The van der Waals surface area contributed by atoms with E-state index < -0.39 is 10.0 Å². The van der Waals surface area contributed by atoms with Gasteiger partial charge in [0.1, 0.15) is 0 Å². The molecule has 1 atom stereocenters. The molecule has 1 fully saturated rings. The lowest BCUT2D eigenvalue weighted by molar-refractivity contribution is 0.293. The van der Waals surface area contributed by atoms with E-state index in [0.717, 1.165) is 18.4 Å². The second kappa shape index (κ2) is 6.87. The maximum Gasteiger partial charge on any atom is 0.328 e. The predicted molar refractivity (Wildman–Crippen MR) is 96.2 cm³/mol. The zero-order valence-electron chi connectivity index (χ0n) is 14.0. The molecular formula is C15H23ClN4O3S. The van der Waals surface area contributed by atoms with E-state index in [1.165, 1.54) is 13.4 Å². The second-order valence-corrected chi connectivity index (χ2v) is 7.98. The molecule has 1 saturated heterocycles. The number of aromatic nitrogens is 2. The molecule has 0 saturated carbocycles. The van der Waals surface area contributed by atoms with E-state index in [4.69, 9.17) is 0 Å². The van der Waals surface area contributed by atoms with Crippen LogP contribution in [-0.4, -0.2) is 48.0 Å². The molecule has 0 amide bonds. The Labute approximate surface area is 147 Å². The minimum absolute atomic E-state index is 0. The van der Waals surface area contributed by atoms with Crippen LogP contribution >= 0.6 is 12.4 Å². The van der Waals surface area contributed by atoms with E-state index in [0.29, 0.717) is 18.6 Å². The lowest BCUT2D eigenvalue weighted by atomic mass is 10.1. The van der Waals surface area contributed by atoms with Gasteiger partial charge < -0.3 is 5.32 Å². The Balaban J connectivity index is 0.00000208. The number of likely N-dealkylation sites (N-methyl/N-ethyl adjacent to an activating group) is 1. The first kappa shape index (κ1) is 19.0. The number of hydrogen-bond acceptors (Lipinski definition) is 4. The van der Waals surface area contributed by atoms with Gasteiger partial charge in [0.15, 0.2) is 0 Å². The number of aryl methyl sites for hydroxylation is 2. The third kappa shape index (κ3) is 2.99. The summed E-state index contributed by atoms with van der Waals surface area (Å²) in [5.74, 6) is 0. The highest BCUT2D eigenvalue weighted by atomic mass is 35.5.